The Balaban J connectivity index is 1.49. The van der Waals surface area contributed by atoms with Crippen molar-refractivity contribution in [3.63, 3.8) is 0 Å². The van der Waals surface area contributed by atoms with Crippen LogP contribution < -0.4 is 15.4 Å². The molecule has 1 aliphatic heterocycles. The summed E-state index contributed by atoms with van der Waals surface area (Å²) in [5, 5.41) is 9.06. The summed E-state index contributed by atoms with van der Waals surface area (Å²) < 4.78 is 6.64. The van der Waals surface area contributed by atoms with Gasteiger partial charge in [-0.05, 0) is 37.3 Å². The highest BCUT2D eigenvalue weighted by molar-refractivity contribution is 5.81. The highest BCUT2D eigenvalue weighted by atomic mass is 16.5. The molecule has 1 fully saturated rings. The van der Waals surface area contributed by atoms with Gasteiger partial charge in [0.1, 0.15) is 0 Å². The maximum absolute atomic E-state index is 12.6. The van der Waals surface area contributed by atoms with Gasteiger partial charge in [0.05, 0.1) is 36.1 Å². The minimum atomic E-state index is -0.0311. The van der Waals surface area contributed by atoms with Crippen molar-refractivity contribution in [2.24, 2.45) is 0 Å². The molecule has 146 valence electrons. The van der Waals surface area contributed by atoms with Crippen LogP contribution in [-0.4, -0.2) is 59.6 Å². The summed E-state index contributed by atoms with van der Waals surface area (Å²) in [4.78, 5) is 21.6. The molecular weight excluding hydrogens is 356 g/mol. The van der Waals surface area contributed by atoms with Crippen LogP contribution >= 0.6 is 0 Å². The predicted octanol–water partition coefficient (Wildman–Crippen LogP) is 1.47. The summed E-state index contributed by atoms with van der Waals surface area (Å²) in [6.07, 6.45) is 1.60. The average Bonchev–Trinajstić information content (AvgIpc) is 2.74. The number of fused-ring (bicyclic) bond motifs is 1. The zero-order chi connectivity index (χ0) is 19.5. The van der Waals surface area contributed by atoms with Gasteiger partial charge in [-0.3, -0.25) is 9.36 Å². The number of aryl methyl sites for hydroxylation is 1. The fourth-order valence-corrected chi connectivity index (χ4v) is 3.45. The van der Waals surface area contributed by atoms with E-state index < -0.39 is 0 Å². The summed E-state index contributed by atoms with van der Waals surface area (Å²) in [6.45, 7) is 6.45. The van der Waals surface area contributed by atoms with Crippen molar-refractivity contribution in [1.29, 1.82) is 0 Å². The Labute approximate surface area is 163 Å². The van der Waals surface area contributed by atoms with Crippen molar-refractivity contribution in [1.82, 2.24) is 19.7 Å². The lowest BCUT2D eigenvalue weighted by Crippen LogP contribution is -2.46. The van der Waals surface area contributed by atoms with Crippen molar-refractivity contribution < 1.29 is 4.74 Å². The van der Waals surface area contributed by atoms with Gasteiger partial charge in [0.25, 0.3) is 5.56 Å². The Kier molecular flexibility index (Phi) is 5.21. The Morgan fingerprint density at radius 1 is 1.04 bits per heavy atom. The van der Waals surface area contributed by atoms with E-state index in [-0.39, 0.29) is 5.56 Å². The first-order valence-corrected chi connectivity index (χ1v) is 9.44. The highest BCUT2D eigenvalue weighted by Gasteiger charge is 2.19. The van der Waals surface area contributed by atoms with Crippen molar-refractivity contribution >= 4 is 22.4 Å². The third-order valence-electron chi connectivity index (χ3n) is 5.10. The molecular formula is C20H24N6O2. The van der Waals surface area contributed by atoms with Crippen LogP contribution in [0.5, 0.6) is 0 Å². The second-order valence-corrected chi connectivity index (χ2v) is 6.94. The second kappa shape index (κ2) is 7.93. The number of ether oxygens (including phenoxy) is 1. The van der Waals surface area contributed by atoms with Crippen LogP contribution in [0.3, 0.4) is 0 Å². The summed E-state index contributed by atoms with van der Waals surface area (Å²) in [6, 6.07) is 9.89. The van der Waals surface area contributed by atoms with Crippen molar-refractivity contribution in [2.45, 2.75) is 13.5 Å². The van der Waals surface area contributed by atoms with Crippen LogP contribution in [0, 0.1) is 6.92 Å². The second-order valence-electron chi connectivity index (χ2n) is 6.94. The Bertz CT molecular complexity index is 1010. The number of hydrogen-bond donors (Lipinski definition) is 0. The molecule has 3 aromatic rings. The van der Waals surface area contributed by atoms with E-state index in [4.69, 9.17) is 4.74 Å². The van der Waals surface area contributed by atoms with Gasteiger partial charge in [0, 0.05) is 39.0 Å². The zero-order valence-electron chi connectivity index (χ0n) is 16.2. The third-order valence-corrected chi connectivity index (χ3v) is 5.10. The Hall–Kier alpha value is -3.00. The normalized spacial score (nSPS) is 14.6. The molecule has 0 unspecified atom stereocenters. The third kappa shape index (κ3) is 3.68. The fourth-order valence-electron chi connectivity index (χ4n) is 3.45. The van der Waals surface area contributed by atoms with Gasteiger partial charge in [-0.2, -0.15) is 5.10 Å². The Morgan fingerprint density at radius 2 is 1.82 bits per heavy atom. The lowest BCUT2D eigenvalue weighted by atomic mass is 10.2. The lowest BCUT2D eigenvalue weighted by molar-refractivity contribution is 0.186. The van der Waals surface area contributed by atoms with E-state index in [1.54, 1.807) is 18.0 Å². The first-order chi connectivity index (χ1) is 13.7. The van der Waals surface area contributed by atoms with E-state index in [2.05, 4.69) is 25.0 Å². The number of methoxy groups -OCH3 is 1. The van der Waals surface area contributed by atoms with Crippen molar-refractivity contribution in [3.8, 4) is 0 Å². The first-order valence-electron chi connectivity index (χ1n) is 9.44. The predicted molar refractivity (Wildman–Crippen MR) is 109 cm³/mol. The van der Waals surface area contributed by atoms with E-state index in [9.17, 15) is 4.79 Å². The summed E-state index contributed by atoms with van der Waals surface area (Å²) >= 11 is 0. The van der Waals surface area contributed by atoms with Gasteiger partial charge in [-0.15, -0.1) is 5.10 Å². The summed E-state index contributed by atoms with van der Waals surface area (Å²) in [5.74, 6) is 0.919. The minimum Gasteiger partial charge on any atom is -0.383 e. The molecule has 3 heterocycles. The van der Waals surface area contributed by atoms with Gasteiger partial charge in [0.2, 0.25) is 0 Å². The smallest absolute Gasteiger partial charge is 0.261 e. The Morgan fingerprint density at radius 3 is 2.54 bits per heavy atom. The molecule has 1 aromatic carbocycles. The van der Waals surface area contributed by atoms with Gasteiger partial charge in [-0.25, -0.2) is 4.98 Å². The molecule has 0 amide bonds. The van der Waals surface area contributed by atoms with Crippen LogP contribution in [0.15, 0.2) is 41.5 Å². The minimum absolute atomic E-state index is 0.0311. The van der Waals surface area contributed by atoms with E-state index >= 15 is 0 Å². The molecule has 1 aliphatic rings. The molecule has 1 saturated heterocycles. The maximum atomic E-state index is 12.6. The first kappa shape index (κ1) is 18.4. The molecule has 0 aliphatic carbocycles. The van der Waals surface area contributed by atoms with Crippen molar-refractivity contribution in [2.75, 3.05) is 49.7 Å². The molecule has 0 N–H and O–H groups in total. The number of aromatic nitrogens is 4. The molecule has 0 radical (unpaired) electrons. The van der Waals surface area contributed by atoms with E-state index in [1.807, 2.05) is 37.3 Å². The van der Waals surface area contributed by atoms with E-state index in [0.29, 0.717) is 18.5 Å². The monoisotopic (exact) mass is 380 g/mol. The number of nitrogens with zero attached hydrogens (tertiary/aromatic N) is 6. The fraction of sp³-hybridized carbons (Fsp3) is 0.400. The average molecular weight is 380 g/mol. The SMILES string of the molecule is COCCn1cnc2cc(N3CCN(c4ccc(C)nn4)CC3)ccc2c1=O. The molecule has 8 heteroatoms. The number of hydrogen-bond acceptors (Lipinski definition) is 7. The standard InChI is InChI=1S/C20H24N6O2/c1-15-3-6-19(23-22-15)25-9-7-24(8-10-25)16-4-5-17-18(13-16)21-14-26(20(17)27)11-12-28-2/h3-6,13-14H,7-12H2,1-2H3. The highest BCUT2D eigenvalue weighted by Crippen LogP contribution is 2.22. The topological polar surface area (TPSA) is 76.4 Å². The summed E-state index contributed by atoms with van der Waals surface area (Å²) in [7, 11) is 1.62. The number of rotatable bonds is 5. The van der Waals surface area contributed by atoms with Gasteiger partial charge >= 0.3 is 0 Å². The molecule has 8 nitrogen and oxygen atoms in total. The van der Waals surface area contributed by atoms with Crippen molar-refractivity contribution in [3.05, 3.63) is 52.7 Å². The van der Waals surface area contributed by atoms with Gasteiger partial charge < -0.3 is 14.5 Å². The number of benzene rings is 1. The van der Waals surface area contributed by atoms with E-state index in [1.165, 1.54) is 0 Å². The molecule has 0 spiro atoms. The zero-order valence-corrected chi connectivity index (χ0v) is 16.2. The molecule has 4 rings (SSSR count). The quantitative estimate of drug-likeness (QED) is 0.663. The molecule has 0 bridgehead atoms. The molecule has 28 heavy (non-hydrogen) atoms. The maximum Gasteiger partial charge on any atom is 0.261 e. The van der Waals surface area contributed by atoms with Gasteiger partial charge in [0.15, 0.2) is 5.82 Å². The molecule has 0 saturated carbocycles. The molecule has 0 atom stereocenters. The lowest BCUT2D eigenvalue weighted by Gasteiger charge is -2.36. The molecule has 2 aromatic heterocycles. The van der Waals surface area contributed by atoms with Crippen LogP contribution in [0.1, 0.15) is 5.69 Å². The number of piperazine rings is 1. The van der Waals surface area contributed by atoms with Crippen LogP contribution in [-0.2, 0) is 11.3 Å². The van der Waals surface area contributed by atoms with Crippen LogP contribution in [0.4, 0.5) is 11.5 Å². The van der Waals surface area contributed by atoms with Gasteiger partial charge in [-0.1, -0.05) is 0 Å². The summed E-state index contributed by atoms with van der Waals surface area (Å²) in [5.41, 5.74) is 2.70. The van der Waals surface area contributed by atoms with E-state index in [0.717, 1.165) is 48.9 Å². The van der Waals surface area contributed by atoms with Crippen LogP contribution in [0.25, 0.3) is 10.9 Å². The van der Waals surface area contributed by atoms with Crippen LogP contribution in [0.2, 0.25) is 0 Å². The largest absolute Gasteiger partial charge is 0.383 e. The number of anilines is 2.